The molecule has 3 nitrogen and oxygen atoms in total. The molecule has 0 fully saturated rings. The van der Waals surface area contributed by atoms with Crippen molar-refractivity contribution in [1.82, 2.24) is 0 Å². The van der Waals surface area contributed by atoms with Crippen molar-refractivity contribution in [2.45, 2.75) is 0 Å². The summed E-state index contributed by atoms with van der Waals surface area (Å²) < 4.78 is 30.5. The summed E-state index contributed by atoms with van der Waals surface area (Å²) in [4.78, 5) is 0. The first kappa shape index (κ1) is 11.8. The second-order valence-corrected chi connectivity index (χ2v) is 4.15. The molecular weight excluding hydrogens is 247 g/mol. The minimum atomic E-state index is -0.345. The Kier molecular flexibility index (Phi) is 2.99. The zero-order chi connectivity index (χ0) is 13.2. The summed E-state index contributed by atoms with van der Waals surface area (Å²) in [6.45, 7) is 0.964. The fourth-order valence-electron chi connectivity index (χ4n) is 2.21. The van der Waals surface area contributed by atoms with E-state index in [2.05, 4.69) is 0 Å². The number of halogens is 1. The third-order valence-corrected chi connectivity index (χ3v) is 3.03. The first-order chi connectivity index (χ1) is 9.31. The summed E-state index contributed by atoms with van der Waals surface area (Å²) in [6.07, 6.45) is 0. The Morgan fingerprint density at radius 1 is 1.05 bits per heavy atom. The van der Waals surface area contributed by atoms with E-state index in [9.17, 15) is 4.39 Å². The molecule has 0 saturated carbocycles. The minimum absolute atomic E-state index is 0.345. The maximum atomic E-state index is 14.1. The van der Waals surface area contributed by atoms with Crippen molar-refractivity contribution in [1.29, 1.82) is 0 Å². The Bertz CT molecular complexity index is 610. The van der Waals surface area contributed by atoms with Crippen LogP contribution >= 0.6 is 0 Å². The minimum Gasteiger partial charge on any atom is -0.496 e. The molecule has 0 saturated heterocycles. The Labute approximate surface area is 110 Å². The van der Waals surface area contributed by atoms with Gasteiger partial charge in [0.15, 0.2) is 11.5 Å². The van der Waals surface area contributed by atoms with E-state index in [4.69, 9.17) is 14.2 Å². The van der Waals surface area contributed by atoms with E-state index >= 15 is 0 Å². The summed E-state index contributed by atoms with van der Waals surface area (Å²) in [5, 5.41) is 0. The van der Waals surface area contributed by atoms with Gasteiger partial charge in [0, 0.05) is 5.56 Å². The zero-order valence-electron chi connectivity index (χ0n) is 10.5. The van der Waals surface area contributed by atoms with Crippen LogP contribution in [0.4, 0.5) is 4.39 Å². The topological polar surface area (TPSA) is 27.7 Å². The average Bonchev–Trinajstić information content (AvgIpc) is 2.46. The third-order valence-electron chi connectivity index (χ3n) is 3.03. The van der Waals surface area contributed by atoms with Gasteiger partial charge in [0.05, 0.1) is 12.7 Å². The smallest absolute Gasteiger partial charge is 0.169 e. The van der Waals surface area contributed by atoms with Crippen LogP contribution in [0.15, 0.2) is 36.4 Å². The van der Waals surface area contributed by atoms with Crippen LogP contribution in [-0.2, 0) is 0 Å². The largest absolute Gasteiger partial charge is 0.496 e. The van der Waals surface area contributed by atoms with Crippen LogP contribution in [0.25, 0.3) is 11.1 Å². The average molecular weight is 260 g/mol. The van der Waals surface area contributed by atoms with Gasteiger partial charge < -0.3 is 14.2 Å². The van der Waals surface area contributed by atoms with Crippen LogP contribution in [0.1, 0.15) is 0 Å². The molecule has 2 aromatic rings. The van der Waals surface area contributed by atoms with Crippen LogP contribution in [-0.4, -0.2) is 20.3 Å². The Balaban J connectivity index is 2.23. The number of fused-ring (bicyclic) bond motifs is 1. The Morgan fingerprint density at radius 2 is 1.84 bits per heavy atom. The number of ether oxygens (including phenoxy) is 3. The van der Waals surface area contributed by atoms with E-state index in [1.54, 1.807) is 18.2 Å². The second kappa shape index (κ2) is 4.80. The third kappa shape index (κ3) is 1.99. The van der Waals surface area contributed by atoms with Gasteiger partial charge in [-0.1, -0.05) is 18.2 Å². The SMILES string of the molecule is COc1cccc(F)c1-c1cccc2c1OCCO2. The fraction of sp³-hybridized carbons (Fsp3) is 0.200. The molecule has 98 valence electrons. The predicted octanol–water partition coefficient (Wildman–Crippen LogP) is 3.27. The lowest BCUT2D eigenvalue weighted by atomic mass is 10.0. The van der Waals surface area contributed by atoms with Crippen molar-refractivity contribution in [3.63, 3.8) is 0 Å². The Morgan fingerprint density at radius 3 is 2.68 bits per heavy atom. The first-order valence-corrected chi connectivity index (χ1v) is 6.02. The summed E-state index contributed by atoms with van der Waals surface area (Å²) >= 11 is 0. The molecule has 19 heavy (non-hydrogen) atoms. The van der Waals surface area contributed by atoms with Crippen molar-refractivity contribution < 1.29 is 18.6 Å². The summed E-state index contributed by atoms with van der Waals surface area (Å²) in [7, 11) is 1.52. The van der Waals surface area contributed by atoms with Gasteiger partial charge in [0.25, 0.3) is 0 Å². The number of methoxy groups -OCH3 is 1. The molecule has 2 aromatic carbocycles. The van der Waals surface area contributed by atoms with Crippen LogP contribution < -0.4 is 14.2 Å². The maximum absolute atomic E-state index is 14.1. The van der Waals surface area contributed by atoms with Gasteiger partial charge in [0.2, 0.25) is 0 Å². The number of benzene rings is 2. The zero-order valence-corrected chi connectivity index (χ0v) is 10.5. The molecule has 0 radical (unpaired) electrons. The van der Waals surface area contributed by atoms with Gasteiger partial charge >= 0.3 is 0 Å². The molecule has 0 N–H and O–H groups in total. The highest BCUT2D eigenvalue weighted by molar-refractivity contribution is 5.79. The highest BCUT2D eigenvalue weighted by Crippen LogP contribution is 2.43. The number of hydrogen-bond acceptors (Lipinski definition) is 3. The van der Waals surface area contributed by atoms with E-state index in [-0.39, 0.29) is 5.82 Å². The van der Waals surface area contributed by atoms with Crippen molar-refractivity contribution in [3.8, 4) is 28.4 Å². The van der Waals surface area contributed by atoms with E-state index < -0.39 is 0 Å². The lowest BCUT2D eigenvalue weighted by Gasteiger charge is -2.21. The summed E-state index contributed by atoms with van der Waals surface area (Å²) in [5.74, 6) is 1.33. The first-order valence-electron chi connectivity index (χ1n) is 6.02. The molecule has 0 unspecified atom stereocenters. The molecular formula is C15H13FO3. The predicted molar refractivity (Wildman–Crippen MR) is 69.4 cm³/mol. The molecule has 1 heterocycles. The molecule has 4 heteroatoms. The van der Waals surface area contributed by atoms with Crippen molar-refractivity contribution in [3.05, 3.63) is 42.2 Å². The van der Waals surface area contributed by atoms with E-state index in [0.717, 1.165) is 0 Å². The number of rotatable bonds is 2. The molecule has 0 spiro atoms. The normalized spacial score (nSPS) is 13.2. The molecule has 0 atom stereocenters. The van der Waals surface area contributed by atoms with Gasteiger partial charge in [0.1, 0.15) is 24.8 Å². The maximum Gasteiger partial charge on any atom is 0.169 e. The van der Waals surface area contributed by atoms with Crippen LogP contribution in [0.3, 0.4) is 0 Å². The van der Waals surface area contributed by atoms with Crippen LogP contribution in [0.2, 0.25) is 0 Å². The van der Waals surface area contributed by atoms with Crippen LogP contribution in [0.5, 0.6) is 17.2 Å². The fourth-order valence-corrected chi connectivity index (χ4v) is 2.21. The molecule has 1 aliphatic rings. The van der Waals surface area contributed by atoms with Crippen LogP contribution in [0, 0.1) is 5.82 Å². The quantitative estimate of drug-likeness (QED) is 0.829. The van der Waals surface area contributed by atoms with Gasteiger partial charge in [-0.05, 0) is 18.2 Å². The molecule has 1 aliphatic heterocycles. The van der Waals surface area contributed by atoms with Gasteiger partial charge in [-0.15, -0.1) is 0 Å². The summed E-state index contributed by atoms with van der Waals surface area (Å²) in [5.41, 5.74) is 1.04. The van der Waals surface area contributed by atoms with E-state index in [1.165, 1.54) is 13.2 Å². The Hall–Kier alpha value is -2.23. The van der Waals surface area contributed by atoms with Crippen molar-refractivity contribution in [2.75, 3.05) is 20.3 Å². The number of hydrogen-bond donors (Lipinski definition) is 0. The lowest BCUT2D eigenvalue weighted by molar-refractivity contribution is 0.172. The summed E-state index contributed by atoms with van der Waals surface area (Å²) in [6, 6.07) is 10.2. The van der Waals surface area contributed by atoms with E-state index in [0.29, 0.717) is 41.6 Å². The van der Waals surface area contributed by atoms with Gasteiger partial charge in [-0.2, -0.15) is 0 Å². The standard InChI is InChI=1S/C15H13FO3/c1-17-12-6-3-5-11(16)14(12)10-4-2-7-13-15(10)19-9-8-18-13/h2-7H,8-9H2,1H3. The highest BCUT2D eigenvalue weighted by Gasteiger charge is 2.21. The molecule has 0 aromatic heterocycles. The van der Waals surface area contributed by atoms with Crippen molar-refractivity contribution in [2.24, 2.45) is 0 Å². The lowest BCUT2D eigenvalue weighted by Crippen LogP contribution is -2.16. The van der Waals surface area contributed by atoms with E-state index in [1.807, 2.05) is 12.1 Å². The van der Waals surface area contributed by atoms with Crippen molar-refractivity contribution >= 4 is 0 Å². The molecule has 0 amide bonds. The monoisotopic (exact) mass is 260 g/mol. The molecule has 3 rings (SSSR count). The highest BCUT2D eigenvalue weighted by atomic mass is 19.1. The molecule has 0 aliphatic carbocycles. The molecule has 0 bridgehead atoms. The van der Waals surface area contributed by atoms with Gasteiger partial charge in [-0.3, -0.25) is 0 Å². The number of para-hydroxylation sites is 1. The second-order valence-electron chi connectivity index (χ2n) is 4.15. The van der Waals surface area contributed by atoms with Gasteiger partial charge in [-0.25, -0.2) is 4.39 Å².